The van der Waals surface area contributed by atoms with Gasteiger partial charge in [-0.3, -0.25) is 4.79 Å². The van der Waals surface area contributed by atoms with Gasteiger partial charge in [0.25, 0.3) is 0 Å². The molecule has 0 bridgehead atoms. The molecule has 1 heterocycles. The molecule has 72 valence electrons. The molecule has 0 saturated carbocycles. The zero-order chi connectivity index (χ0) is 10.1. The van der Waals surface area contributed by atoms with Crippen LogP contribution in [-0.4, -0.2) is 18.7 Å². The van der Waals surface area contributed by atoms with Gasteiger partial charge in [0.15, 0.2) is 0 Å². The number of hydrogen-bond donors (Lipinski definition) is 0. The molecule has 0 N–H and O–H groups in total. The van der Waals surface area contributed by atoms with Gasteiger partial charge in [-0.1, -0.05) is 13.2 Å². The lowest BCUT2D eigenvalue weighted by Gasteiger charge is -1.83. The predicted octanol–water partition coefficient (Wildman–Crippen LogP) is 1.81. The van der Waals surface area contributed by atoms with E-state index in [0.29, 0.717) is 6.10 Å². The summed E-state index contributed by atoms with van der Waals surface area (Å²) in [6.45, 7) is 8.83. The molecule has 1 fully saturated rings. The second-order valence-corrected chi connectivity index (χ2v) is 2.38. The predicted molar refractivity (Wildman–Crippen MR) is 50.0 cm³/mol. The van der Waals surface area contributed by atoms with E-state index in [-0.39, 0.29) is 5.97 Å². The number of carbonyl (C=O) groups is 1. The molecule has 0 spiro atoms. The lowest BCUT2D eigenvalue weighted by Crippen LogP contribution is -1.87. The maximum atomic E-state index is 9.75. The standard InChI is InChI=1S/C6H8O.C4H6O2/c1-2-3-4-6-5-7-6;1-3-6-4(2)5/h3,6H,1,4-5H2;3H,1H2,2H3. The van der Waals surface area contributed by atoms with Crippen LogP contribution in [0.15, 0.2) is 31.2 Å². The van der Waals surface area contributed by atoms with E-state index in [1.807, 2.05) is 6.08 Å². The number of hydrogen-bond acceptors (Lipinski definition) is 3. The maximum Gasteiger partial charge on any atom is 0.307 e. The smallest absolute Gasteiger partial charge is 0.307 e. The van der Waals surface area contributed by atoms with Crippen molar-refractivity contribution in [2.75, 3.05) is 6.61 Å². The van der Waals surface area contributed by atoms with Gasteiger partial charge in [-0.2, -0.15) is 0 Å². The second kappa shape index (κ2) is 7.35. The van der Waals surface area contributed by atoms with Gasteiger partial charge in [-0.25, -0.2) is 0 Å². The summed E-state index contributed by atoms with van der Waals surface area (Å²) >= 11 is 0. The van der Waals surface area contributed by atoms with Crippen molar-refractivity contribution >= 4 is 5.97 Å². The number of esters is 1. The number of epoxide rings is 1. The minimum Gasteiger partial charge on any atom is -0.435 e. The molecule has 1 aliphatic rings. The van der Waals surface area contributed by atoms with E-state index < -0.39 is 0 Å². The Morgan fingerprint density at radius 1 is 1.85 bits per heavy atom. The minimum atomic E-state index is -0.329. The van der Waals surface area contributed by atoms with E-state index in [1.165, 1.54) is 6.92 Å². The average Bonchev–Trinajstić information content (AvgIpc) is 2.85. The quantitative estimate of drug-likeness (QED) is 0.289. The van der Waals surface area contributed by atoms with Crippen LogP contribution in [0, 0.1) is 0 Å². The van der Waals surface area contributed by atoms with Crippen LogP contribution in [0.5, 0.6) is 0 Å². The van der Waals surface area contributed by atoms with Gasteiger partial charge < -0.3 is 9.47 Å². The monoisotopic (exact) mass is 182 g/mol. The molecule has 0 aromatic rings. The highest BCUT2D eigenvalue weighted by atomic mass is 16.6. The largest absolute Gasteiger partial charge is 0.435 e. The third-order valence-electron chi connectivity index (χ3n) is 1.18. The van der Waals surface area contributed by atoms with E-state index in [0.717, 1.165) is 19.3 Å². The fourth-order valence-electron chi connectivity index (χ4n) is 0.536. The first-order valence-electron chi connectivity index (χ1n) is 3.94. The van der Waals surface area contributed by atoms with Crippen LogP contribution in [0.25, 0.3) is 0 Å². The van der Waals surface area contributed by atoms with Gasteiger partial charge in [0.05, 0.1) is 19.0 Å². The molecular weight excluding hydrogens is 168 g/mol. The van der Waals surface area contributed by atoms with Crippen molar-refractivity contribution in [2.24, 2.45) is 0 Å². The summed E-state index contributed by atoms with van der Waals surface area (Å²) < 4.78 is 9.08. The highest BCUT2D eigenvalue weighted by Gasteiger charge is 2.19. The van der Waals surface area contributed by atoms with Crippen LogP contribution in [0.3, 0.4) is 0 Å². The van der Waals surface area contributed by atoms with Crippen molar-refractivity contribution in [3.8, 4) is 0 Å². The Morgan fingerprint density at radius 3 is 2.69 bits per heavy atom. The van der Waals surface area contributed by atoms with Crippen molar-refractivity contribution in [3.63, 3.8) is 0 Å². The minimum absolute atomic E-state index is 0.329. The summed E-state index contributed by atoms with van der Waals surface area (Å²) in [5, 5.41) is 0. The molecule has 3 heteroatoms. The Morgan fingerprint density at radius 2 is 2.46 bits per heavy atom. The Kier molecular flexibility index (Phi) is 6.60. The molecule has 0 aromatic heterocycles. The Hall–Kier alpha value is -1.31. The molecule has 0 amide bonds. The molecule has 0 radical (unpaired) electrons. The number of ether oxygens (including phenoxy) is 2. The molecular formula is C10H14O3. The highest BCUT2D eigenvalue weighted by molar-refractivity contribution is 5.66. The van der Waals surface area contributed by atoms with Crippen LogP contribution in [0.4, 0.5) is 0 Å². The Labute approximate surface area is 78.3 Å². The zero-order valence-electron chi connectivity index (χ0n) is 7.79. The van der Waals surface area contributed by atoms with Crippen molar-refractivity contribution < 1.29 is 14.3 Å². The number of carbonyl (C=O) groups excluding carboxylic acids is 1. The molecule has 1 atom stereocenters. The third-order valence-corrected chi connectivity index (χ3v) is 1.18. The van der Waals surface area contributed by atoms with E-state index in [4.69, 9.17) is 4.74 Å². The summed E-state index contributed by atoms with van der Waals surface area (Å²) in [4.78, 5) is 9.75. The summed E-state index contributed by atoms with van der Waals surface area (Å²) in [6, 6.07) is 0. The van der Waals surface area contributed by atoms with Gasteiger partial charge in [-0.15, -0.1) is 5.73 Å². The number of rotatable bonds is 3. The van der Waals surface area contributed by atoms with Crippen LogP contribution < -0.4 is 0 Å². The summed E-state index contributed by atoms with van der Waals surface area (Å²) in [5.41, 5.74) is 2.68. The average molecular weight is 182 g/mol. The van der Waals surface area contributed by atoms with E-state index in [1.54, 1.807) is 0 Å². The topological polar surface area (TPSA) is 38.8 Å². The molecule has 1 saturated heterocycles. The molecule has 1 unspecified atom stereocenters. The summed E-state index contributed by atoms with van der Waals surface area (Å²) in [5.74, 6) is -0.329. The lowest BCUT2D eigenvalue weighted by atomic mass is 10.3. The molecule has 3 nitrogen and oxygen atoms in total. The third kappa shape index (κ3) is 10.7. The second-order valence-electron chi connectivity index (χ2n) is 2.38. The van der Waals surface area contributed by atoms with Crippen molar-refractivity contribution in [2.45, 2.75) is 19.4 Å². The van der Waals surface area contributed by atoms with Crippen LogP contribution in [-0.2, 0) is 14.3 Å². The van der Waals surface area contributed by atoms with E-state index in [2.05, 4.69) is 23.6 Å². The molecule has 0 aromatic carbocycles. The SMILES string of the molecule is C=C=CCC1CO1.C=COC(C)=O. The summed E-state index contributed by atoms with van der Waals surface area (Å²) in [6.07, 6.45) is 4.48. The van der Waals surface area contributed by atoms with Gasteiger partial charge in [-0.05, 0) is 6.08 Å². The molecule has 1 aliphatic heterocycles. The zero-order valence-corrected chi connectivity index (χ0v) is 7.79. The normalized spacial score (nSPS) is 17.2. The molecule has 13 heavy (non-hydrogen) atoms. The maximum absolute atomic E-state index is 9.75. The van der Waals surface area contributed by atoms with Gasteiger partial charge >= 0.3 is 5.97 Å². The van der Waals surface area contributed by atoms with Crippen molar-refractivity contribution in [3.05, 3.63) is 31.2 Å². The lowest BCUT2D eigenvalue weighted by molar-refractivity contribution is -0.135. The van der Waals surface area contributed by atoms with Crippen LogP contribution in [0.2, 0.25) is 0 Å². The summed E-state index contributed by atoms with van der Waals surface area (Å²) in [7, 11) is 0. The van der Waals surface area contributed by atoms with E-state index in [9.17, 15) is 4.79 Å². The fourth-order valence-corrected chi connectivity index (χ4v) is 0.536. The fraction of sp³-hybridized carbons (Fsp3) is 0.400. The van der Waals surface area contributed by atoms with Crippen LogP contribution >= 0.6 is 0 Å². The first-order chi connectivity index (χ1) is 6.20. The van der Waals surface area contributed by atoms with Crippen LogP contribution in [0.1, 0.15) is 13.3 Å². The van der Waals surface area contributed by atoms with Gasteiger partial charge in [0.2, 0.25) is 0 Å². The Balaban J connectivity index is 0.000000226. The highest BCUT2D eigenvalue weighted by Crippen LogP contribution is 2.12. The molecule has 1 rings (SSSR count). The first kappa shape index (κ1) is 11.7. The molecule has 0 aliphatic carbocycles. The Bertz CT molecular complexity index is 210. The van der Waals surface area contributed by atoms with Gasteiger partial charge in [0, 0.05) is 13.3 Å². The first-order valence-corrected chi connectivity index (χ1v) is 3.94. The van der Waals surface area contributed by atoms with E-state index >= 15 is 0 Å². The van der Waals surface area contributed by atoms with Crippen molar-refractivity contribution in [1.29, 1.82) is 0 Å². The van der Waals surface area contributed by atoms with Crippen molar-refractivity contribution in [1.82, 2.24) is 0 Å². The van der Waals surface area contributed by atoms with Gasteiger partial charge in [0.1, 0.15) is 0 Å².